The fraction of sp³-hybridized carbons (Fsp3) is 0.222. The zero-order valence-electron chi connectivity index (χ0n) is 7.97. The first-order valence-corrected chi connectivity index (χ1v) is 5.03. The molecule has 1 aromatic rings. The maximum Gasteiger partial charge on any atom is 0.399 e. The van der Waals surface area contributed by atoms with E-state index < -0.39 is 14.6 Å². The molecule has 4 nitrogen and oxygen atoms in total. The van der Waals surface area contributed by atoms with Crippen molar-refractivity contribution in [3.8, 4) is 0 Å². The summed E-state index contributed by atoms with van der Waals surface area (Å²) in [6.45, 7) is 0. The monoisotopic (exact) mass is 214 g/mol. The molecular weight excluding hydrogens is 203 g/mol. The molecule has 14 heavy (non-hydrogen) atoms. The van der Waals surface area contributed by atoms with Crippen molar-refractivity contribution in [3.05, 3.63) is 35.9 Å². The Kier molecular flexibility index (Phi) is 4.53. The Balaban J connectivity index is 2.59. The minimum Gasteiger partial charge on any atom is -0.390 e. The SMILES string of the molecule is COP(OC)OC(=O)c1ccccc1. The topological polar surface area (TPSA) is 44.8 Å². The van der Waals surface area contributed by atoms with Crippen LogP contribution in [0.4, 0.5) is 0 Å². The Morgan fingerprint density at radius 3 is 2.21 bits per heavy atom. The van der Waals surface area contributed by atoms with Gasteiger partial charge in [-0.3, -0.25) is 0 Å². The van der Waals surface area contributed by atoms with Gasteiger partial charge < -0.3 is 13.6 Å². The Hall–Kier alpha value is -0.960. The third-order valence-corrected chi connectivity index (χ3v) is 2.38. The summed E-state index contributed by atoms with van der Waals surface area (Å²) in [7, 11) is 1.28. The average Bonchev–Trinajstić information content (AvgIpc) is 2.26. The van der Waals surface area contributed by atoms with E-state index in [0.29, 0.717) is 5.56 Å². The molecule has 0 radical (unpaired) electrons. The Bertz CT molecular complexity index is 284. The van der Waals surface area contributed by atoms with E-state index in [-0.39, 0.29) is 0 Å². The van der Waals surface area contributed by atoms with Gasteiger partial charge in [-0.25, -0.2) is 4.79 Å². The van der Waals surface area contributed by atoms with Crippen molar-refractivity contribution < 1.29 is 18.4 Å². The van der Waals surface area contributed by atoms with E-state index >= 15 is 0 Å². The summed E-state index contributed by atoms with van der Waals surface area (Å²) in [5.41, 5.74) is 0.481. The second-order valence-corrected chi connectivity index (χ2v) is 3.69. The number of carbonyl (C=O) groups is 1. The quantitative estimate of drug-likeness (QED) is 0.721. The molecule has 5 heteroatoms. The fourth-order valence-corrected chi connectivity index (χ4v) is 1.38. The van der Waals surface area contributed by atoms with Gasteiger partial charge in [-0.15, -0.1) is 0 Å². The third kappa shape index (κ3) is 3.07. The summed E-state index contributed by atoms with van der Waals surface area (Å²) >= 11 is 0. The van der Waals surface area contributed by atoms with Crippen molar-refractivity contribution in [2.45, 2.75) is 0 Å². The normalized spacial score (nSPS) is 10.2. The van der Waals surface area contributed by atoms with Crippen LogP contribution in [0, 0.1) is 0 Å². The van der Waals surface area contributed by atoms with E-state index in [1.165, 1.54) is 14.2 Å². The predicted octanol–water partition coefficient (Wildman–Crippen LogP) is 2.36. The van der Waals surface area contributed by atoms with E-state index in [2.05, 4.69) is 0 Å². The molecule has 76 valence electrons. The van der Waals surface area contributed by atoms with Gasteiger partial charge in [0.2, 0.25) is 0 Å². The lowest BCUT2D eigenvalue weighted by atomic mass is 10.2. The Morgan fingerprint density at radius 1 is 1.14 bits per heavy atom. The van der Waals surface area contributed by atoms with Crippen molar-refractivity contribution >= 4 is 14.6 Å². The van der Waals surface area contributed by atoms with Crippen LogP contribution in [0.1, 0.15) is 10.4 Å². The van der Waals surface area contributed by atoms with Gasteiger partial charge >= 0.3 is 14.6 Å². The van der Waals surface area contributed by atoms with Crippen molar-refractivity contribution in [3.63, 3.8) is 0 Å². The average molecular weight is 214 g/mol. The second kappa shape index (κ2) is 5.70. The highest BCUT2D eigenvalue weighted by molar-refractivity contribution is 7.42. The largest absolute Gasteiger partial charge is 0.399 e. The van der Waals surface area contributed by atoms with E-state index in [4.69, 9.17) is 13.6 Å². The van der Waals surface area contributed by atoms with Crippen molar-refractivity contribution in [1.29, 1.82) is 0 Å². The number of carbonyl (C=O) groups excluding carboxylic acids is 1. The van der Waals surface area contributed by atoms with Crippen LogP contribution >= 0.6 is 8.60 Å². The van der Waals surface area contributed by atoms with Gasteiger partial charge in [0.25, 0.3) is 0 Å². The van der Waals surface area contributed by atoms with E-state index in [1.807, 2.05) is 6.07 Å². The summed E-state index contributed by atoms with van der Waals surface area (Å²) in [6.07, 6.45) is 0. The Labute approximate surface area is 83.8 Å². The predicted molar refractivity (Wildman–Crippen MR) is 52.8 cm³/mol. The first-order valence-electron chi connectivity index (χ1n) is 3.93. The molecular formula is C9H11O4P. The summed E-state index contributed by atoms with van der Waals surface area (Å²) in [4.78, 5) is 11.4. The van der Waals surface area contributed by atoms with Gasteiger partial charge in [0.15, 0.2) is 0 Å². The summed E-state index contributed by atoms with van der Waals surface area (Å²) in [6, 6.07) is 8.69. The van der Waals surface area contributed by atoms with Crippen LogP contribution in [-0.2, 0) is 13.6 Å². The summed E-state index contributed by atoms with van der Waals surface area (Å²) in [5, 5.41) is 0. The molecule has 0 saturated heterocycles. The van der Waals surface area contributed by atoms with Crippen LogP contribution in [-0.4, -0.2) is 20.2 Å². The number of rotatable bonds is 4. The molecule has 0 spiro atoms. The lowest BCUT2D eigenvalue weighted by molar-refractivity contribution is 0.0694. The standard InChI is InChI=1S/C9H11O4P/c1-11-14(12-2)13-9(10)8-6-4-3-5-7-8/h3-7H,1-2H3. The van der Waals surface area contributed by atoms with Gasteiger partial charge in [0, 0.05) is 14.2 Å². The van der Waals surface area contributed by atoms with E-state index in [9.17, 15) is 4.79 Å². The van der Waals surface area contributed by atoms with Gasteiger partial charge in [-0.2, -0.15) is 0 Å². The van der Waals surface area contributed by atoms with Crippen LogP contribution in [0.3, 0.4) is 0 Å². The fourth-order valence-electron chi connectivity index (χ4n) is 0.844. The minimum atomic E-state index is -1.57. The summed E-state index contributed by atoms with van der Waals surface area (Å²) < 4.78 is 14.5. The Morgan fingerprint density at radius 2 is 1.71 bits per heavy atom. The molecule has 0 bridgehead atoms. The summed E-state index contributed by atoms with van der Waals surface area (Å²) in [5.74, 6) is -0.444. The highest BCUT2D eigenvalue weighted by Gasteiger charge is 2.15. The molecule has 1 rings (SSSR count). The zero-order valence-corrected chi connectivity index (χ0v) is 8.86. The third-order valence-electron chi connectivity index (χ3n) is 1.47. The van der Waals surface area contributed by atoms with Gasteiger partial charge in [0.05, 0.1) is 5.56 Å². The van der Waals surface area contributed by atoms with Crippen LogP contribution in [0.25, 0.3) is 0 Å². The smallest absolute Gasteiger partial charge is 0.390 e. The molecule has 0 saturated carbocycles. The molecule has 0 atom stereocenters. The minimum absolute atomic E-state index is 0.444. The highest BCUT2D eigenvalue weighted by Crippen LogP contribution is 2.38. The first kappa shape index (κ1) is 11.1. The van der Waals surface area contributed by atoms with Crippen LogP contribution in [0.15, 0.2) is 30.3 Å². The van der Waals surface area contributed by atoms with Gasteiger partial charge in [0.1, 0.15) is 0 Å². The highest BCUT2D eigenvalue weighted by atomic mass is 31.2. The molecule has 1 aromatic carbocycles. The number of hydrogen-bond acceptors (Lipinski definition) is 4. The zero-order chi connectivity index (χ0) is 10.4. The van der Waals surface area contributed by atoms with Crippen molar-refractivity contribution in [2.75, 3.05) is 14.2 Å². The molecule has 0 aliphatic carbocycles. The van der Waals surface area contributed by atoms with E-state index in [1.54, 1.807) is 24.3 Å². The molecule has 0 aromatic heterocycles. The van der Waals surface area contributed by atoms with Gasteiger partial charge in [-0.1, -0.05) is 18.2 Å². The van der Waals surface area contributed by atoms with Crippen molar-refractivity contribution in [1.82, 2.24) is 0 Å². The molecule has 0 unspecified atom stereocenters. The van der Waals surface area contributed by atoms with E-state index in [0.717, 1.165) is 0 Å². The van der Waals surface area contributed by atoms with Gasteiger partial charge in [-0.05, 0) is 12.1 Å². The maximum atomic E-state index is 11.4. The van der Waals surface area contributed by atoms with Crippen LogP contribution < -0.4 is 0 Å². The first-order chi connectivity index (χ1) is 6.77. The lowest BCUT2D eigenvalue weighted by Crippen LogP contribution is -2.02. The van der Waals surface area contributed by atoms with Crippen LogP contribution in [0.2, 0.25) is 0 Å². The molecule has 0 aliphatic heterocycles. The molecule has 0 N–H and O–H groups in total. The molecule has 0 aliphatic rings. The van der Waals surface area contributed by atoms with Crippen LogP contribution in [0.5, 0.6) is 0 Å². The molecule has 0 heterocycles. The molecule has 0 amide bonds. The second-order valence-electron chi connectivity index (χ2n) is 2.33. The number of hydrogen-bond donors (Lipinski definition) is 0. The maximum absolute atomic E-state index is 11.4. The van der Waals surface area contributed by atoms with Crippen molar-refractivity contribution in [2.24, 2.45) is 0 Å². The lowest BCUT2D eigenvalue weighted by Gasteiger charge is -2.10. The number of benzene rings is 1. The molecule has 0 fully saturated rings.